The van der Waals surface area contributed by atoms with Crippen molar-refractivity contribution in [1.82, 2.24) is 4.98 Å². The van der Waals surface area contributed by atoms with E-state index in [1.165, 1.54) is 0 Å². The number of benzene rings is 1. The van der Waals surface area contributed by atoms with Gasteiger partial charge in [0, 0.05) is 22.8 Å². The molecule has 76 valence electrons. The van der Waals surface area contributed by atoms with Crippen LogP contribution in [-0.4, -0.2) is 12.1 Å². The first-order valence-corrected chi connectivity index (χ1v) is 4.93. The van der Waals surface area contributed by atoms with Crippen LogP contribution in [0.4, 0.5) is 0 Å². The lowest BCUT2D eigenvalue weighted by atomic mass is 10.1. The number of halogens is 1. The number of pyridine rings is 1. The topological polar surface area (TPSA) is 22.1 Å². The molecule has 2 nitrogen and oxygen atoms in total. The number of hydrogen-bond donors (Lipinski definition) is 0. The molecule has 3 heteroatoms. The Labute approximate surface area is 93.5 Å². The van der Waals surface area contributed by atoms with E-state index in [4.69, 9.17) is 16.3 Å². The van der Waals surface area contributed by atoms with Gasteiger partial charge in [0.2, 0.25) is 0 Å². The van der Waals surface area contributed by atoms with Gasteiger partial charge >= 0.3 is 0 Å². The first kappa shape index (κ1) is 9.99. The summed E-state index contributed by atoms with van der Waals surface area (Å²) in [4.78, 5) is 4.26. The zero-order chi connectivity index (χ0) is 10.7. The maximum absolute atomic E-state index is 5.91. The van der Waals surface area contributed by atoms with Crippen LogP contribution in [0.1, 0.15) is 0 Å². The highest BCUT2D eigenvalue weighted by Crippen LogP contribution is 2.23. The average Bonchev–Trinajstić information content (AvgIpc) is 2.29. The van der Waals surface area contributed by atoms with E-state index in [9.17, 15) is 0 Å². The predicted octanol–water partition coefficient (Wildman–Crippen LogP) is 3.41. The van der Waals surface area contributed by atoms with Gasteiger partial charge in [0.15, 0.2) is 0 Å². The summed E-state index contributed by atoms with van der Waals surface area (Å²) < 4.78 is 5.13. The second kappa shape index (κ2) is 4.32. The standard InChI is InChI=1S/C12H10ClNO/c1-15-11-5-6-14-12(8-11)9-3-2-4-10(13)7-9/h2-8H,1H3. The van der Waals surface area contributed by atoms with Gasteiger partial charge in [0.1, 0.15) is 5.75 Å². The number of methoxy groups -OCH3 is 1. The molecular weight excluding hydrogens is 210 g/mol. The monoisotopic (exact) mass is 219 g/mol. The van der Waals surface area contributed by atoms with E-state index < -0.39 is 0 Å². The molecule has 0 bridgehead atoms. The van der Waals surface area contributed by atoms with Gasteiger partial charge in [-0.25, -0.2) is 0 Å². The molecule has 1 aromatic carbocycles. The third-order valence-electron chi connectivity index (χ3n) is 2.09. The van der Waals surface area contributed by atoms with E-state index >= 15 is 0 Å². The molecule has 2 aromatic rings. The molecule has 1 aromatic heterocycles. The van der Waals surface area contributed by atoms with Gasteiger partial charge in [-0.1, -0.05) is 23.7 Å². The molecule has 0 aliphatic heterocycles. The minimum atomic E-state index is 0.706. The average molecular weight is 220 g/mol. The molecule has 0 aliphatic rings. The summed E-state index contributed by atoms with van der Waals surface area (Å²) in [6.07, 6.45) is 1.72. The Hall–Kier alpha value is -1.54. The maximum Gasteiger partial charge on any atom is 0.122 e. The van der Waals surface area contributed by atoms with E-state index in [0.29, 0.717) is 5.02 Å². The van der Waals surface area contributed by atoms with Crippen molar-refractivity contribution in [3.63, 3.8) is 0 Å². The van der Waals surface area contributed by atoms with Gasteiger partial charge in [0.05, 0.1) is 12.8 Å². The van der Waals surface area contributed by atoms with Crippen molar-refractivity contribution in [2.24, 2.45) is 0 Å². The van der Waals surface area contributed by atoms with Crippen molar-refractivity contribution in [2.75, 3.05) is 7.11 Å². The Bertz CT molecular complexity index is 471. The largest absolute Gasteiger partial charge is 0.497 e. The number of aromatic nitrogens is 1. The molecule has 0 N–H and O–H groups in total. The molecule has 0 spiro atoms. The van der Waals surface area contributed by atoms with Crippen LogP contribution in [0, 0.1) is 0 Å². The number of rotatable bonds is 2. The number of nitrogens with zero attached hydrogens (tertiary/aromatic N) is 1. The maximum atomic E-state index is 5.91. The normalized spacial score (nSPS) is 10.0. The van der Waals surface area contributed by atoms with E-state index in [2.05, 4.69) is 4.98 Å². The second-order valence-electron chi connectivity index (χ2n) is 3.09. The van der Waals surface area contributed by atoms with Gasteiger partial charge in [-0.05, 0) is 18.2 Å². The molecule has 0 aliphatic carbocycles. The van der Waals surface area contributed by atoms with Crippen molar-refractivity contribution in [3.8, 4) is 17.0 Å². The first-order valence-electron chi connectivity index (χ1n) is 4.55. The van der Waals surface area contributed by atoms with Gasteiger partial charge in [0.25, 0.3) is 0 Å². The highest BCUT2D eigenvalue weighted by molar-refractivity contribution is 6.30. The zero-order valence-corrected chi connectivity index (χ0v) is 9.03. The quantitative estimate of drug-likeness (QED) is 0.772. The van der Waals surface area contributed by atoms with Crippen LogP contribution in [0.25, 0.3) is 11.3 Å². The molecule has 15 heavy (non-hydrogen) atoms. The lowest BCUT2D eigenvalue weighted by Gasteiger charge is -2.03. The van der Waals surface area contributed by atoms with Gasteiger partial charge in [-0.2, -0.15) is 0 Å². The summed E-state index contributed by atoms with van der Waals surface area (Å²) in [5, 5.41) is 0.706. The third-order valence-corrected chi connectivity index (χ3v) is 2.32. The fourth-order valence-corrected chi connectivity index (χ4v) is 1.53. The van der Waals surface area contributed by atoms with Gasteiger partial charge in [-0.3, -0.25) is 4.98 Å². The summed E-state index contributed by atoms with van der Waals surface area (Å²) in [5.74, 6) is 0.792. The van der Waals surface area contributed by atoms with Crippen LogP contribution in [0.5, 0.6) is 5.75 Å². The summed E-state index contributed by atoms with van der Waals surface area (Å²) in [6.45, 7) is 0. The fraction of sp³-hybridized carbons (Fsp3) is 0.0833. The highest BCUT2D eigenvalue weighted by atomic mass is 35.5. The molecular formula is C12H10ClNO. The van der Waals surface area contributed by atoms with Crippen molar-refractivity contribution in [2.45, 2.75) is 0 Å². The van der Waals surface area contributed by atoms with E-state index in [1.807, 2.05) is 36.4 Å². The summed E-state index contributed by atoms with van der Waals surface area (Å²) in [5.41, 5.74) is 1.85. The predicted molar refractivity (Wildman–Crippen MR) is 61.2 cm³/mol. The van der Waals surface area contributed by atoms with Gasteiger partial charge < -0.3 is 4.74 Å². The van der Waals surface area contributed by atoms with Crippen LogP contribution in [-0.2, 0) is 0 Å². The molecule has 0 unspecified atom stereocenters. The molecule has 0 saturated heterocycles. The summed E-state index contributed by atoms with van der Waals surface area (Å²) in [7, 11) is 1.64. The van der Waals surface area contributed by atoms with E-state index in [-0.39, 0.29) is 0 Å². The first-order chi connectivity index (χ1) is 7.29. The molecule has 2 rings (SSSR count). The van der Waals surface area contributed by atoms with Crippen molar-refractivity contribution in [1.29, 1.82) is 0 Å². The minimum Gasteiger partial charge on any atom is -0.497 e. The number of hydrogen-bond acceptors (Lipinski definition) is 2. The second-order valence-corrected chi connectivity index (χ2v) is 3.53. The Morgan fingerprint density at radius 2 is 2.07 bits per heavy atom. The van der Waals surface area contributed by atoms with Crippen molar-refractivity contribution >= 4 is 11.6 Å². The molecule has 0 radical (unpaired) electrons. The van der Waals surface area contributed by atoms with Crippen molar-refractivity contribution < 1.29 is 4.74 Å². The molecule has 0 saturated carbocycles. The summed E-state index contributed by atoms with van der Waals surface area (Å²) >= 11 is 5.91. The molecule has 0 amide bonds. The van der Waals surface area contributed by atoms with E-state index in [1.54, 1.807) is 13.3 Å². The highest BCUT2D eigenvalue weighted by Gasteiger charge is 2.01. The fourth-order valence-electron chi connectivity index (χ4n) is 1.34. The van der Waals surface area contributed by atoms with Crippen LogP contribution >= 0.6 is 11.6 Å². The van der Waals surface area contributed by atoms with Crippen molar-refractivity contribution in [3.05, 3.63) is 47.6 Å². The zero-order valence-electron chi connectivity index (χ0n) is 8.27. The van der Waals surface area contributed by atoms with Gasteiger partial charge in [-0.15, -0.1) is 0 Å². The van der Waals surface area contributed by atoms with Crippen LogP contribution < -0.4 is 4.74 Å². The van der Waals surface area contributed by atoms with Crippen LogP contribution in [0.2, 0.25) is 5.02 Å². The Kier molecular flexibility index (Phi) is 2.88. The van der Waals surface area contributed by atoms with E-state index in [0.717, 1.165) is 17.0 Å². The number of ether oxygens (including phenoxy) is 1. The SMILES string of the molecule is COc1ccnc(-c2cccc(Cl)c2)c1. The summed E-state index contributed by atoms with van der Waals surface area (Å²) in [6, 6.07) is 11.3. The molecule has 1 heterocycles. The minimum absolute atomic E-state index is 0.706. The Morgan fingerprint density at radius 3 is 2.80 bits per heavy atom. The smallest absolute Gasteiger partial charge is 0.122 e. The lowest BCUT2D eigenvalue weighted by Crippen LogP contribution is -1.86. The Balaban J connectivity index is 2.44. The lowest BCUT2D eigenvalue weighted by molar-refractivity contribution is 0.414. The molecule has 0 atom stereocenters. The van der Waals surface area contributed by atoms with Crippen LogP contribution in [0.3, 0.4) is 0 Å². The third kappa shape index (κ3) is 2.28. The molecule has 0 fully saturated rings. The Morgan fingerprint density at radius 1 is 1.20 bits per heavy atom. The van der Waals surface area contributed by atoms with Crippen LogP contribution in [0.15, 0.2) is 42.6 Å².